The number of hydrogen-bond acceptors (Lipinski definition) is 4. The molecule has 0 unspecified atom stereocenters. The van der Waals surface area contributed by atoms with E-state index >= 15 is 0 Å². The summed E-state index contributed by atoms with van der Waals surface area (Å²) in [6.07, 6.45) is 2.44. The maximum absolute atomic E-state index is 12.4. The minimum atomic E-state index is 0.0891. The SMILES string of the molecule is O=C(COc1ccccc1)N1CCN(C2CCN(Cc3ccccc3)CC2)CC1. The predicted octanol–water partition coefficient (Wildman–Crippen LogP) is 2.87. The molecule has 2 aliphatic heterocycles. The summed E-state index contributed by atoms with van der Waals surface area (Å²) in [5.74, 6) is 0.841. The maximum Gasteiger partial charge on any atom is 0.260 e. The molecular formula is C24H31N3O2. The molecule has 5 nitrogen and oxygen atoms in total. The van der Waals surface area contributed by atoms with E-state index in [2.05, 4.69) is 40.1 Å². The van der Waals surface area contributed by atoms with Gasteiger partial charge in [-0.1, -0.05) is 48.5 Å². The summed E-state index contributed by atoms with van der Waals surface area (Å²) in [4.78, 5) is 19.5. The quantitative estimate of drug-likeness (QED) is 0.756. The Hall–Kier alpha value is -2.37. The van der Waals surface area contributed by atoms with Crippen molar-refractivity contribution in [2.45, 2.75) is 25.4 Å². The van der Waals surface area contributed by atoms with Crippen molar-refractivity contribution in [3.05, 3.63) is 66.2 Å². The number of piperazine rings is 1. The lowest BCUT2D eigenvalue weighted by Gasteiger charge is -2.42. The van der Waals surface area contributed by atoms with E-state index in [-0.39, 0.29) is 12.5 Å². The zero-order valence-corrected chi connectivity index (χ0v) is 17.1. The molecule has 2 aliphatic rings. The number of carbonyl (C=O) groups is 1. The van der Waals surface area contributed by atoms with Gasteiger partial charge >= 0.3 is 0 Å². The second-order valence-electron chi connectivity index (χ2n) is 8.01. The Morgan fingerprint density at radius 2 is 1.45 bits per heavy atom. The Bertz CT molecular complexity index is 752. The van der Waals surface area contributed by atoms with Gasteiger partial charge in [-0.15, -0.1) is 0 Å². The number of para-hydroxylation sites is 1. The molecule has 0 aliphatic carbocycles. The summed E-state index contributed by atoms with van der Waals surface area (Å²) < 4.78 is 5.61. The van der Waals surface area contributed by atoms with Crippen LogP contribution in [0.1, 0.15) is 18.4 Å². The molecule has 2 fully saturated rings. The van der Waals surface area contributed by atoms with Crippen LogP contribution in [0.2, 0.25) is 0 Å². The number of amides is 1. The average Bonchev–Trinajstić information content (AvgIpc) is 2.79. The van der Waals surface area contributed by atoms with E-state index < -0.39 is 0 Å². The first-order chi connectivity index (χ1) is 14.3. The van der Waals surface area contributed by atoms with Gasteiger partial charge in [-0.25, -0.2) is 0 Å². The van der Waals surface area contributed by atoms with E-state index in [4.69, 9.17) is 4.74 Å². The van der Waals surface area contributed by atoms with Gasteiger partial charge in [0.2, 0.25) is 0 Å². The van der Waals surface area contributed by atoms with E-state index in [1.54, 1.807) is 0 Å². The second-order valence-corrected chi connectivity index (χ2v) is 8.01. The molecule has 0 aromatic heterocycles. The highest BCUT2D eigenvalue weighted by molar-refractivity contribution is 5.77. The van der Waals surface area contributed by atoms with Crippen LogP contribution in [-0.4, -0.2) is 72.5 Å². The molecule has 2 heterocycles. The number of piperidine rings is 1. The van der Waals surface area contributed by atoms with Crippen LogP contribution in [0.4, 0.5) is 0 Å². The van der Waals surface area contributed by atoms with Gasteiger partial charge in [0.25, 0.3) is 5.91 Å². The molecular weight excluding hydrogens is 362 g/mol. The normalized spacial score (nSPS) is 19.2. The first kappa shape index (κ1) is 19.9. The second kappa shape index (κ2) is 9.90. The lowest BCUT2D eigenvalue weighted by Crippen LogP contribution is -2.54. The van der Waals surface area contributed by atoms with Gasteiger partial charge in [-0.2, -0.15) is 0 Å². The minimum Gasteiger partial charge on any atom is -0.484 e. The van der Waals surface area contributed by atoms with Crippen LogP contribution < -0.4 is 4.74 Å². The molecule has 0 radical (unpaired) electrons. The molecule has 4 rings (SSSR count). The number of likely N-dealkylation sites (tertiary alicyclic amines) is 1. The summed E-state index contributed by atoms with van der Waals surface area (Å²) in [5, 5.41) is 0. The van der Waals surface area contributed by atoms with Gasteiger partial charge in [0, 0.05) is 38.8 Å². The first-order valence-electron chi connectivity index (χ1n) is 10.7. The molecule has 154 valence electrons. The van der Waals surface area contributed by atoms with Crippen LogP contribution in [-0.2, 0) is 11.3 Å². The zero-order valence-electron chi connectivity index (χ0n) is 17.1. The number of nitrogens with zero attached hydrogens (tertiary/aromatic N) is 3. The van der Waals surface area contributed by atoms with Crippen molar-refractivity contribution in [1.29, 1.82) is 0 Å². The van der Waals surface area contributed by atoms with Crippen molar-refractivity contribution in [2.75, 3.05) is 45.9 Å². The molecule has 29 heavy (non-hydrogen) atoms. The lowest BCUT2D eigenvalue weighted by molar-refractivity contribution is -0.135. The van der Waals surface area contributed by atoms with Crippen LogP contribution in [0.5, 0.6) is 5.75 Å². The molecule has 0 bridgehead atoms. The highest BCUT2D eigenvalue weighted by Crippen LogP contribution is 2.20. The van der Waals surface area contributed by atoms with Gasteiger partial charge in [-0.3, -0.25) is 14.6 Å². The standard InChI is InChI=1S/C24H31N3O2/c28-24(20-29-23-9-5-2-6-10-23)27-17-15-26(16-18-27)22-11-13-25(14-12-22)19-21-7-3-1-4-8-21/h1-10,22H,11-20H2. The molecule has 1 amide bonds. The summed E-state index contributed by atoms with van der Waals surface area (Å²) in [5.41, 5.74) is 1.40. The van der Waals surface area contributed by atoms with Crippen molar-refractivity contribution < 1.29 is 9.53 Å². The number of benzene rings is 2. The highest BCUT2D eigenvalue weighted by atomic mass is 16.5. The number of carbonyl (C=O) groups excluding carboxylic acids is 1. The van der Waals surface area contributed by atoms with Gasteiger partial charge < -0.3 is 9.64 Å². The van der Waals surface area contributed by atoms with Gasteiger partial charge in [0.15, 0.2) is 6.61 Å². The van der Waals surface area contributed by atoms with E-state index in [9.17, 15) is 4.79 Å². The fourth-order valence-electron chi connectivity index (χ4n) is 4.37. The third-order valence-electron chi connectivity index (χ3n) is 6.09. The molecule has 2 saturated heterocycles. The maximum atomic E-state index is 12.4. The van der Waals surface area contributed by atoms with Gasteiger partial charge in [-0.05, 0) is 43.6 Å². The third-order valence-corrected chi connectivity index (χ3v) is 6.09. The number of hydrogen-bond donors (Lipinski definition) is 0. The van der Waals surface area contributed by atoms with Crippen molar-refractivity contribution >= 4 is 5.91 Å². The number of rotatable bonds is 6. The predicted molar refractivity (Wildman–Crippen MR) is 115 cm³/mol. The summed E-state index contributed by atoms with van der Waals surface area (Å²) in [7, 11) is 0. The third kappa shape index (κ3) is 5.58. The van der Waals surface area contributed by atoms with Crippen LogP contribution in [0.25, 0.3) is 0 Å². The topological polar surface area (TPSA) is 36.0 Å². The van der Waals surface area contributed by atoms with E-state index in [1.807, 2.05) is 35.2 Å². The fraction of sp³-hybridized carbons (Fsp3) is 0.458. The zero-order chi connectivity index (χ0) is 19.9. The largest absolute Gasteiger partial charge is 0.484 e. The Balaban J connectivity index is 1.17. The molecule has 0 saturated carbocycles. The van der Waals surface area contributed by atoms with Gasteiger partial charge in [0.05, 0.1) is 0 Å². The van der Waals surface area contributed by atoms with Crippen LogP contribution in [0.15, 0.2) is 60.7 Å². The van der Waals surface area contributed by atoms with Gasteiger partial charge in [0.1, 0.15) is 5.75 Å². The molecule has 0 N–H and O–H groups in total. The van der Waals surface area contributed by atoms with E-state index in [0.717, 1.165) is 51.6 Å². The Labute approximate surface area is 173 Å². The fourth-order valence-corrected chi connectivity index (χ4v) is 4.37. The molecule has 2 aromatic carbocycles. The molecule has 0 spiro atoms. The molecule has 5 heteroatoms. The van der Waals surface area contributed by atoms with Crippen LogP contribution in [0, 0.1) is 0 Å². The van der Waals surface area contributed by atoms with E-state index in [0.29, 0.717) is 6.04 Å². The monoisotopic (exact) mass is 393 g/mol. The molecule has 0 atom stereocenters. The van der Waals surface area contributed by atoms with Crippen molar-refractivity contribution in [3.63, 3.8) is 0 Å². The van der Waals surface area contributed by atoms with Crippen LogP contribution >= 0.6 is 0 Å². The minimum absolute atomic E-state index is 0.0891. The van der Waals surface area contributed by atoms with Crippen LogP contribution in [0.3, 0.4) is 0 Å². The summed E-state index contributed by atoms with van der Waals surface area (Å²) in [6.45, 7) is 7.05. The Kier molecular flexibility index (Phi) is 6.80. The average molecular weight is 394 g/mol. The van der Waals surface area contributed by atoms with E-state index in [1.165, 1.54) is 18.4 Å². The van der Waals surface area contributed by atoms with Crippen molar-refractivity contribution in [2.24, 2.45) is 0 Å². The molecule has 2 aromatic rings. The van der Waals surface area contributed by atoms with Crippen molar-refractivity contribution in [1.82, 2.24) is 14.7 Å². The number of ether oxygens (including phenoxy) is 1. The lowest BCUT2D eigenvalue weighted by atomic mass is 10.0. The Morgan fingerprint density at radius 3 is 2.10 bits per heavy atom. The van der Waals surface area contributed by atoms with Crippen molar-refractivity contribution in [3.8, 4) is 5.75 Å². The Morgan fingerprint density at radius 1 is 0.828 bits per heavy atom. The smallest absolute Gasteiger partial charge is 0.260 e. The summed E-state index contributed by atoms with van der Waals surface area (Å²) in [6, 6.07) is 20.9. The highest BCUT2D eigenvalue weighted by Gasteiger charge is 2.28. The summed E-state index contributed by atoms with van der Waals surface area (Å²) >= 11 is 0. The first-order valence-corrected chi connectivity index (χ1v) is 10.7.